The topological polar surface area (TPSA) is 75.7 Å². The summed E-state index contributed by atoms with van der Waals surface area (Å²) in [6.07, 6.45) is 2.18. The van der Waals surface area contributed by atoms with Gasteiger partial charge in [-0.05, 0) is 55.0 Å². The van der Waals surface area contributed by atoms with Crippen LogP contribution in [0.3, 0.4) is 0 Å². The van der Waals surface area contributed by atoms with Crippen LogP contribution in [-0.4, -0.2) is 24.5 Å². The lowest BCUT2D eigenvalue weighted by Gasteiger charge is -2.26. The number of carbonyl (C=O) groups is 3. The molecule has 1 N–H and O–H groups in total. The molecule has 0 unspecified atom stereocenters. The second-order valence-corrected chi connectivity index (χ2v) is 7.32. The van der Waals surface area contributed by atoms with Gasteiger partial charge >= 0.3 is 6.03 Å². The van der Waals surface area contributed by atoms with Crippen molar-refractivity contribution in [3.8, 4) is 5.75 Å². The summed E-state index contributed by atoms with van der Waals surface area (Å²) in [7, 11) is 0. The predicted molar refractivity (Wildman–Crippen MR) is 110 cm³/mol. The summed E-state index contributed by atoms with van der Waals surface area (Å²) in [5.74, 6) is -1.01. The van der Waals surface area contributed by atoms with E-state index in [1.165, 1.54) is 6.08 Å². The van der Waals surface area contributed by atoms with Crippen LogP contribution in [0, 0.1) is 0 Å². The van der Waals surface area contributed by atoms with Crippen LogP contribution in [0.25, 0.3) is 6.08 Å². The summed E-state index contributed by atoms with van der Waals surface area (Å²) < 4.78 is 6.46. The highest BCUT2D eigenvalue weighted by molar-refractivity contribution is 9.10. The second-order valence-electron chi connectivity index (χ2n) is 5.96. The number of amides is 4. The highest BCUT2D eigenvalue weighted by Crippen LogP contribution is 2.28. The molecule has 0 saturated carbocycles. The number of rotatable bonds is 5. The fourth-order valence-corrected chi connectivity index (χ4v) is 3.06. The Balaban J connectivity index is 2.02. The van der Waals surface area contributed by atoms with Crippen molar-refractivity contribution in [2.24, 2.45) is 0 Å². The van der Waals surface area contributed by atoms with Gasteiger partial charge in [0, 0.05) is 15.1 Å². The van der Waals surface area contributed by atoms with Crippen molar-refractivity contribution in [3.63, 3.8) is 0 Å². The van der Waals surface area contributed by atoms with Gasteiger partial charge in [0.05, 0.1) is 12.3 Å². The van der Waals surface area contributed by atoms with Crippen LogP contribution in [0.2, 0.25) is 5.02 Å². The minimum absolute atomic E-state index is 0.189. The molecule has 1 saturated heterocycles. The van der Waals surface area contributed by atoms with E-state index >= 15 is 0 Å². The predicted octanol–water partition coefficient (Wildman–Crippen LogP) is 4.56. The zero-order valence-electron chi connectivity index (χ0n) is 14.9. The molecule has 8 heteroatoms. The van der Waals surface area contributed by atoms with Crippen LogP contribution < -0.4 is 15.0 Å². The number of barbiturate groups is 1. The molecule has 2 aromatic carbocycles. The summed E-state index contributed by atoms with van der Waals surface area (Å²) in [6.45, 7) is 2.44. The van der Waals surface area contributed by atoms with Crippen LogP contribution in [0.15, 0.2) is 52.5 Å². The third-order valence-electron chi connectivity index (χ3n) is 3.92. The second kappa shape index (κ2) is 8.58. The lowest BCUT2D eigenvalue weighted by Crippen LogP contribution is -2.54. The molecule has 6 nitrogen and oxygen atoms in total. The van der Waals surface area contributed by atoms with Crippen molar-refractivity contribution in [3.05, 3.63) is 63.1 Å². The van der Waals surface area contributed by atoms with E-state index in [9.17, 15) is 14.4 Å². The van der Waals surface area contributed by atoms with Crippen molar-refractivity contribution in [2.45, 2.75) is 13.3 Å². The van der Waals surface area contributed by atoms with Gasteiger partial charge in [0.25, 0.3) is 11.8 Å². The number of nitrogens with one attached hydrogen (secondary N) is 1. The van der Waals surface area contributed by atoms with E-state index in [0.717, 1.165) is 15.8 Å². The number of carbonyl (C=O) groups excluding carboxylic acids is 3. The fraction of sp³-hybridized carbons (Fsp3) is 0.150. The average Bonchev–Trinajstić information content (AvgIpc) is 2.66. The molecule has 2 aromatic rings. The molecule has 1 aliphatic rings. The molecule has 0 aromatic heterocycles. The summed E-state index contributed by atoms with van der Waals surface area (Å²) in [4.78, 5) is 38.4. The maximum absolute atomic E-state index is 12.9. The molecule has 4 amide bonds. The van der Waals surface area contributed by atoms with Gasteiger partial charge < -0.3 is 4.74 Å². The van der Waals surface area contributed by atoms with E-state index < -0.39 is 17.8 Å². The Morgan fingerprint density at radius 2 is 1.86 bits per heavy atom. The zero-order chi connectivity index (χ0) is 20.3. The molecule has 28 heavy (non-hydrogen) atoms. The number of benzene rings is 2. The first-order valence-corrected chi connectivity index (χ1v) is 9.67. The third-order valence-corrected chi connectivity index (χ3v) is 4.68. The van der Waals surface area contributed by atoms with Crippen LogP contribution in [0.1, 0.15) is 18.9 Å². The Bertz CT molecular complexity index is 973. The molecule has 0 bridgehead atoms. The molecular weight excluding hydrogens is 448 g/mol. The van der Waals surface area contributed by atoms with Crippen LogP contribution in [-0.2, 0) is 9.59 Å². The Morgan fingerprint density at radius 1 is 1.14 bits per heavy atom. The van der Waals surface area contributed by atoms with Crippen molar-refractivity contribution >= 4 is 57.1 Å². The Hall–Kier alpha value is -2.64. The van der Waals surface area contributed by atoms with Gasteiger partial charge in [0.1, 0.15) is 11.3 Å². The van der Waals surface area contributed by atoms with Gasteiger partial charge in [0.2, 0.25) is 0 Å². The number of urea groups is 1. The summed E-state index contributed by atoms with van der Waals surface area (Å²) in [5, 5.41) is 2.62. The molecule has 1 aliphatic heterocycles. The molecule has 0 aliphatic carbocycles. The number of imide groups is 2. The van der Waals surface area contributed by atoms with Crippen molar-refractivity contribution < 1.29 is 19.1 Å². The molecule has 0 atom stereocenters. The van der Waals surface area contributed by atoms with Gasteiger partial charge in [-0.1, -0.05) is 34.5 Å². The van der Waals surface area contributed by atoms with Crippen molar-refractivity contribution in [1.29, 1.82) is 0 Å². The van der Waals surface area contributed by atoms with Gasteiger partial charge in [-0.2, -0.15) is 0 Å². The van der Waals surface area contributed by atoms with E-state index in [0.29, 0.717) is 28.6 Å². The molecule has 0 radical (unpaired) electrons. The monoisotopic (exact) mass is 462 g/mol. The van der Waals surface area contributed by atoms with E-state index in [2.05, 4.69) is 21.2 Å². The number of halogens is 2. The molecule has 1 heterocycles. The Kier molecular flexibility index (Phi) is 6.16. The highest BCUT2D eigenvalue weighted by Gasteiger charge is 2.36. The summed E-state index contributed by atoms with van der Waals surface area (Å²) in [6, 6.07) is 10.7. The smallest absolute Gasteiger partial charge is 0.335 e. The third kappa shape index (κ3) is 4.26. The van der Waals surface area contributed by atoms with E-state index in [1.807, 2.05) is 6.92 Å². The molecule has 144 valence electrons. The number of hydrogen-bond acceptors (Lipinski definition) is 4. The molecule has 3 rings (SSSR count). The Labute approximate surface area is 175 Å². The van der Waals surface area contributed by atoms with Crippen molar-refractivity contribution in [2.75, 3.05) is 11.5 Å². The SMILES string of the molecule is CCCOc1ccc(Cl)cc1/C=C1\C(=O)NC(=O)N(c2ccc(Br)cc2)C1=O. The summed E-state index contributed by atoms with van der Waals surface area (Å²) >= 11 is 9.37. The first-order chi connectivity index (χ1) is 13.4. The maximum atomic E-state index is 12.9. The van der Waals surface area contributed by atoms with Crippen molar-refractivity contribution in [1.82, 2.24) is 5.32 Å². The van der Waals surface area contributed by atoms with Crippen LogP contribution >= 0.6 is 27.5 Å². The standard InChI is InChI=1S/C20H16BrClN2O4/c1-2-9-28-17-8-5-14(22)10-12(17)11-16-18(25)23-20(27)24(19(16)26)15-6-3-13(21)4-7-15/h3-8,10-11H,2,9H2,1H3,(H,23,25,27)/b16-11+. The maximum Gasteiger partial charge on any atom is 0.335 e. The minimum Gasteiger partial charge on any atom is -0.493 e. The number of nitrogens with zero attached hydrogens (tertiary/aromatic N) is 1. The lowest BCUT2D eigenvalue weighted by molar-refractivity contribution is -0.122. The first kappa shape index (κ1) is 20.1. The number of anilines is 1. The van der Waals surface area contributed by atoms with Gasteiger partial charge in [-0.25, -0.2) is 9.69 Å². The largest absolute Gasteiger partial charge is 0.493 e. The van der Waals surface area contributed by atoms with E-state index in [-0.39, 0.29) is 5.57 Å². The van der Waals surface area contributed by atoms with E-state index in [4.69, 9.17) is 16.3 Å². The molecular formula is C20H16BrClN2O4. The molecule has 1 fully saturated rings. The van der Waals surface area contributed by atoms with E-state index in [1.54, 1.807) is 42.5 Å². The van der Waals surface area contributed by atoms with Gasteiger partial charge in [-0.15, -0.1) is 0 Å². The lowest BCUT2D eigenvalue weighted by atomic mass is 10.1. The normalized spacial score (nSPS) is 15.8. The van der Waals surface area contributed by atoms with Crippen LogP contribution in [0.5, 0.6) is 5.75 Å². The fourth-order valence-electron chi connectivity index (χ4n) is 2.61. The first-order valence-electron chi connectivity index (χ1n) is 8.50. The quantitative estimate of drug-likeness (QED) is 0.521. The molecule has 0 spiro atoms. The number of hydrogen-bond donors (Lipinski definition) is 1. The average molecular weight is 464 g/mol. The summed E-state index contributed by atoms with van der Waals surface area (Å²) in [5.41, 5.74) is 0.633. The van der Waals surface area contributed by atoms with Gasteiger partial charge in [-0.3, -0.25) is 14.9 Å². The zero-order valence-corrected chi connectivity index (χ0v) is 17.2. The van der Waals surface area contributed by atoms with Gasteiger partial charge in [0.15, 0.2) is 0 Å². The minimum atomic E-state index is -0.803. The number of ether oxygens (including phenoxy) is 1. The Morgan fingerprint density at radius 3 is 2.54 bits per heavy atom. The van der Waals surface area contributed by atoms with Crippen LogP contribution in [0.4, 0.5) is 10.5 Å². The highest BCUT2D eigenvalue weighted by atomic mass is 79.9.